The summed E-state index contributed by atoms with van der Waals surface area (Å²) >= 11 is 0. The molecule has 0 bridgehead atoms. The van der Waals surface area contributed by atoms with Crippen LogP contribution < -0.4 is 0 Å². The predicted octanol–water partition coefficient (Wildman–Crippen LogP) is 1.03. The molecule has 0 unspecified atom stereocenters. The summed E-state index contributed by atoms with van der Waals surface area (Å²) in [5, 5.41) is 0. The highest BCUT2D eigenvalue weighted by atomic mass is 16.7. The molecule has 1 aliphatic heterocycles. The van der Waals surface area contributed by atoms with E-state index < -0.39 is 0 Å². The van der Waals surface area contributed by atoms with E-state index in [0.717, 1.165) is 13.0 Å². The third-order valence-corrected chi connectivity index (χ3v) is 2.12. The lowest BCUT2D eigenvalue weighted by Gasteiger charge is -2.21. The van der Waals surface area contributed by atoms with Crippen LogP contribution in [0.3, 0.4) is 0 Å². The van der Waals surface area contributed by atoms with Crippen LogP contribution in [0.1, 0.15) is 13.3 Å². The van der Waals surface area contributed by atoms with Crippen LogP contribution in [0.4, 0.5) is 0 Å². The lowest BCUT2D eigenvalue weighted by molar-refractivity contribution is -0.142. The third kappa shape index (κ3) is 2.15. The summed E-state index contributed by atoms with van der Waals surface area (Å²) in [7, 11) is 3.33. The Bertz CT molecular complexity index is 108. The molecule has 1 fully saturated rings. The first-order valence-electron chi connectivity index (χ1n) is 4.00. The standard InChI is InChI=1S/C8H16O3/c1-4-6(7-5-11-7)8(9-2)10-3/h6-8H,4-5H2,1-3H3/t6-,7-/m0/s1. The van der Waals surface area contributed by atoms with Gasteiger partial charge in [-0.25, -0.2) is 0 Å². The summed E-state index contributed by atoms with van der Waals surface area (Å²) in [5.41, 5.74) is 0. The van der Waals surface area contributed by atoms with Crippen molar-refractivity contribution in [2.45, 2.75) is 25.7 Å². The molecular formula is C8H16O3. The van der Waals surface area contributed by atoms with Gasteiger partial charge in [0.05, 0.1) is 12.7 Å². The lowest BCUT2D eigenvalue weighted by atomic mass is 10.0. The van der Waals surface area contributed by atoms with Gasteiger partial charge in [0.2, 0.25) is 0 Å². The summed E-state index contributed by atoms with van der Waals surface area (Å²) in [4.78, 5) is 0. The van der Waals surface area contributed by atoms with Crippen LogP contribution >= 0.6 is 0 Å². The minimum Gasteiger partial charge on any atom is -0.373 e. The van der Waals surface area contributed by atoms with E-state index in [1.165, 1.54) is 0 Å². The van der Waals surface area contributed by atoms with Crippen molar-refractivity contribution in [3.63, 3.8) is 0 Å². The molecule has 0 aromatic rings. The minimum atomic E-state index is -0.104. The Labute approximate surface area is 67.6 Å². The maximum Gasteiger partial charge on any atom is 0.162 e. The van der Waals surface area contributed by atoms with Crippen LogP contribution in [0.5, 0.6) is 0 Å². The van der Waals surface area contributed by atoms with Gasteiger partial charge in [0, 0.05) is 20.1 Å². The van der Waals surface area contributed by atoms with Crippen molar-refractivity contribution in [2.75, 3.05) is 20.8 Å². The number of hydrogen-bond donors (Lipinski definition) is 0. The lowest BCUT2D eigenvalue weighted by Crippen LogP contribution is -2.28. The van der Waals surface area contributed by atoms with E-state index in [1.54, 1.807) is 14.2 Å². The van der Waals surface area contributed by atoms with E-state index >= 15 is 0 Å². The summed E-state index contributed by atoms with van der Waals surface area (Å²) < 4.78 is 15.5. The molecule has 0 spiro atoms. The van der Waals surface area contributed by atoms with Crippen LogP contribution in [0.2, 0.25) is 0 Å². The van der Waals surface area contributed by atoms with Crippen LogP contribution in [-0.4, -0.2) is 33.2 Å². The molecule has 0 aliphatic carbocycles. The summed E-state index contributed by atoms with van der Waals surface area (Å²) in [5.74, 6) is 0.394. The van der Waals surface area contributed by atoms with E-state index in [0.29, 0.717) is 12.0 Å². The molecule has 0 saturated carbocycles. The van der Waals surface area contributed by atoms with E-state index in [2.05, 4.69) is 6.92 Å². The number of hydrogen-bond acceptors (Lipinski definition) is 3. The zero-order valence-corrected chi connectivity index (χ0v) is 7.37. The van der Waals surface area contributed by atoms with Gasteiger partial charge in [0.1, 0.15) is 0 Å². The van der Waals surface area contributed by atoms with Crippen molar-refractivity contribution in [3.05, 3.63) is 0 Å². The van der Waals surface area contributed by atoms with Gasteiger partial charge in [-0.3, -0.25) is 0 Å². The number of epoxide rings is 1. The molecule has 0 aromatic carbocycles. The van der Waals surface area contributed by atoms with Gasteiger partial charge < -0.3 is 14.2 Å². The second kappa shape index (κ2) is 4.04. The summed E-state index contributed by atoms with van der Waals surface area (Å²) in [6.45, 7) is 2.99. The number of rotatable bonds is 5. The van der Waals surface area contributed by atoms with Gasteiger partial charge in [0.25, 0.3) is 0 Å². The SMILES string of the molecule is CC[C@H](C(OC)OC)[C@@H]1CO1. The smallest absolute Gasteiger partial charge is 0.162 e. The molecule has 11 heavy (non-hydrogen) atoms. The Morgan fingerprint density at radius 1 is 1.45 bits per heavy atom. The number of methoxy groups -OCH3 is 2. The third-order valence-electron chi connectivity index (χ3n) is 2.12. The second-order valence-electron chi connectivity index (χ2n) is 2.78. The molecule has 0 N–H and O–H groups in total. The maximum atomic E-state index is 5.19. The average molecular weight is 160 g/mol. The first-order valence-corrected chi connectivity index (χ1v) is 4.00. The highest BCUT2D eigenvalue weighted by Crippen LogP contribution is 2.27. The topological polar surface area (TPSA) is 31.0 Å². The summed E-state index contributed by atoms with van der Waals surface area (Å²) in [6.07, 6.45) is 1.30. The average Bonchev–Trinajstić information content (AvgIpc) is 2.82. The molecule has 1 rings (SSSR count). The van der Waals surface area contributed by atoms with Crippen molar-refractivity contribution in [1.82, 2.24) is 0 Å². The molecule has 3 heteroatoms. The molecule has 0 radical (unpaired) electrons. The predicted molar refractivity (Wildman–Crippen MR) is 41.3 cm³/mol. The summed E-state index contributed by atoms with van der Waals surface area (Å²) in [6, 6.07) is 0. The zero-order valence-electron chi connectivity index (χ0n) is 7.37. The van der Waals surface area contributed by atoms with E-state index in [-0.39, 0.29) is 6.29 Å². The van der Waals surface area contributed by atoms with Crippen molar-refractivity contribution < 1.29 is 14.2 Å². The van der Waals surface area contributed by atoms with Crippen molar-refractivity contribution >= 4 is 0 Å². The van der Waals surface area contributed by atoms with E-state index in [1.807, 2.05) is 0 Å². The van der Waals surface area contributed by atoms with Crippen LogP contribution in [0, 0.1) is 5.92 Å². The minimum absolute atomic E-state index is 0.104. The van der Waals surface area contributed by atoms with Crippen molar-refractivity contribution in [3.8, 4) is 0 Å². The fourth-order valence-electron chi connectivity index (χ4n) is 1.38. The normalized spacial score (nSPS) is 25.6. The molecular weight excluding hydrogens is 144 g/mol. The van der Waals surface area contributed by atoms with Gasteiger partial charge in [-0.2, -0.15) is 0 Å². The maximum absolute atomic E-state index is 5.19. The Balaban J connectivity index is 2.36. The van der Waals surface area contributed by atoms with E-state index in [9.17, 15) is 0 Å². The first-order chi connectivity index (χ1) is 5.33. The monoisotopic (exact) mass is 160 g/mol. The van der Waals surface area contributed by atoms with E-state index in [4.69, 9.17) is 14.2 Å². The Morgan fingerprint density at radius 2 is 2.00 bits per heavy atom. The van der Waals surface area contributed by atoms with Crippen LogP contribution in [0.25, 0.3) is 0 Å². The van der Waals surface area contributed by atoms with Gasteiger partial charge in [-0.05, 0) is 6.42 Å². The fraction of sp³-hybridized carbons (Fsp3) is 1.00. The second-order valence-corrected chi connectivity index (χ2v) is 2.78. The molecule has 1 aliphatic rings. The van der Waals surface area contributed by atoms with Crippen molar-refractivity contribution in [1.29, 1.82) is 0 Å². The van der Waals surface area contributed by atoms with Crippen LogP contribution in [0.15, 0.2) is 0 Å². The number of ether oxygens (including phenoxy) is 3. The van der Waals surface area contributed by atoms with Gasteiger partial charge >= 0.3 is 0 Å². The molecule has 1 heterocycles. The largest absolute Gasteiger partial charge is 0.373 e. The quantitative estimate of drug-likeness (QED) is 0.444. The fourth-order valence-corrected chi connectivity index (χ4v) is 1.38. The molecule has 2 atom stereocenters. The molecule has 3 nitrogen and oxygen atoms in total. The highest BCUT2D eigenvalue weighted by Gasteiger charge is 2.37. The Morgan fingerprint density at radius 3 is 2.27 bits per heavy atom. The molecule has 0 amide bonds. The Kier molecular flexibility index (Phi) is 3.30. The van der Waals surface area contributed by atoms with Gasteiger partial charge in [-0.15, -0.1) is 0 Å². The highest BCUT2D eigenvalue weighted by molar-refractivity contribution is 4.80. The van der Waals surface area contributed by atoms with Gasteiger partial charge in [-0.1, -0.05) is 6.92 Å². The zero-order chi connectivity index (χ0) is 8.27. The van der Waals surface area contributed by atoms with Crippen LogP contribution in [-0.2, 0) is 14.2 Å². The Hall–Kier alpha value is -0.120. The van der Waals surface area contributed by atoms with Gasteiger partial charge in [0.15, 0.2) is 6.29 Å². The molecule has 1 saturated heterocycles. The molecule has 66 valence electrons. The first kappa shape index (κ1) is 8.97. The molecule has 0 aromatic heterocycles. The van der Waals surface area contributed by atoms with Crippen molar-refractivity contribution in [2.24, 2.45) is 5.92 Å².